The van der Waals surface area contributed by atoms with Gasteiger partial charge in [0, 0.05) is 96.0 Å². The Kier molecular flexibility index (Phi) is 48.3. The highest BCUT2D eigenvalue weighted by Gasteiger charge is 2.35. The maximum Gasteiger partial charge on any atom is 0.163 e. The van der Waals surface area contributed by atoms with Gasteiger partial charge in [-0.15, -0.1) is 12.4 Å². The predicted octanol–water partition coefficient (Wildman–Crippen LogP) is 39.0. The summed E-state index contributed by atoms with van der Waals surface area (Å²) in [6, 6.07) is 102. The summed E-state index contributed by atoms with van der Waals surface area (Å²) in [5, 5.41) is 30.2. The molecule has 0 radical (unpaired) electrons. The third-order valence-corrected chi connectivity index (χ3v) is 33.2. The summed E-state index contributed by atoms with van der Waals surface area (Å²) in [6.07, 6.45) is 14.3. The van der Waals surface area contributed by atoms with Crippen LogP contribution >= 0.6 is 175 Å². The first-order valence-corrected chi connectivity index (χ1v) is 52.7. The lowest BCUT2D eigenvalue weighted by atomic mass is 9.77. The lowest BCUT2D eigenvalue weighted by molar-refractivity contribution is 0.0969. The van der Waals surface area contributed by atoms with Crippen molar-refractivity contribution in [2.24, 2.45) is 10.7 Å². The highest BCUT2D eigenvalue weighted by Crippen LogP contribution is 2.50. The number of halogens is 15. The van der Waals surface area contributed by atoms with Gasteiger partial charge in [-0.25, -0.2) is 0 Å². The first-order chi connectivity index (χ1) is 67.8. The fourth-order valence-corrected chi connectivity index (χ4v) is 23.2. The molecule has 14 aromatic rings. The molecule has 7 N–H and O–H groups in total. The number of benzene rings is 14. The molecule has 764 valence electrons. The zero-order valence-corrected chi connectivity index (χ0v) is 90.6. The average molecular weight is 2240 g/mol. The molecule has 0 spiro atoms. The van der Waals surface area contributed by atoms with Gasteiger partial charge in [0.05, 0.1) is 70.3 Å². The number of carbonyl (C=O) groups excluding carboxylic acids is 1. The Hall–Kier alpha value is -7.76. The number of nitrogens with one attached hydrogen (secondary N) is 5. The van der Waals surface area contributed by atoms with E-state index in [9.17, 15) is 4.79 Å². The molecule has 7 unspecified atom stereocenters. The largest absolute Gasteiger partial charge is 0.333 e. The normalized spacial score (nSPS) is 19.5. The lowest BCUT2D eigenvalue weighted by Gasteiger charge is -2.32. The van der Waals surface area contributed by atoms with Crippen LogP contribution < -0.4 is 27.0 Å². The molecule has 23 heteroatoms. The van der Waals surface area contributed by atoms with Crippen LogP contribution in [0.15, 0.2) is 302 Å². The van der Waals surface area contributed by atoms with Gasteiger partial charge in [0.1, 0.15) is 0 Å². The van der Waals surface area contributed by atoms with E-state index >= 15 is 0 Å². The van der Waals surface area contributed by atoms with Gasteiger partial charge in [-0.3, -0.25) is 9.79 Å². The molecule has 0 aliphatic heterocycles. The van der Waals surface area contributed by atoms with Gasteiger partial charge in [-0.2, -0.15) is 0 Å². The van der Waals surface area contributed by atoms with Crippen LogP contribution in [0.3, 0.4) is 0 Å². The van der Waals surface area contributed by atoms with Crippen LogP contribution in [-0.4, -0.2) is 59.5 Å². The molecule has 145 heavy (non-hydrogen) atoms. The Bertz CT molecular complexity index is 6150. The van der Waals surface area contributed by atoms with Crippen LogP contribution in [0, 0.1) is 5.41 Å². The van der Waals surface area contributed by atoms with Crippen molar-refractivity contribution in [3.05, 3.63) is 484 Å². The van der Waals surface area contributed by atoms with E-state index in [1.54, 1.807) is 0 Å². The minimum atomic E-state index is 0. The molecule has 14 aromatic carbocycles. The van der Waals surface area contributed by atoms with Crippen molar-refractivity contribution in [2.45, 2.75) is 185 Å². The Morgan fingerprint density at radius 3 is 0.676 bits per heavy atom. The van der Waals surface area contributed by atoms with Gasteiger partial charge in [-0.1, -0.05) is 404 Å². The summed E-state index contributed by atoms with van der Waals surface area (Å²) >= 11 is 85.1. The molecule has 0 amide bonds. The zero-order valence-electron chi connectivity index (χ0n) is 79.2. The maximum atomic E-state index is 11.9. The molecule has 7 aliphatic rings. The van der Waals surface area contributed by atoms with Crippen molar-refractivity contribution in [3.63, 3.8) is 0 Å². The summed E-state index contributed by atoms with van der Waals surface area (Å²) in [6.45, 7) is 0. The minimum absolute atomic E-state index is 0. The SMILES string of the molecule is C.C.C.C.CN.CN=C1CCC(c2ccc(Cl)c(Cl)c2)c2ccccc21.CNC1CC[C@@H](c2ccc(Cl)c(Cl)c2)c2ccccc21.CNC1CC[C@@H](c2ccc(Cl)c(Cl)c2)c2ccccc21.CNC1CC[C@H](c2ccc(Cl)c(Cl)c2)c2ccccc21.CNC1CC[C@H](c2ccc(Cl)c(Cl)c2)c2ccccc21.Cl.N=C1CCC(c2ccc(Cl)c(Cl)c2)c2ccccc21.O=C1CCC(c2ccc(Cl)c(Cl)c2)c2ccccc21. The predicted molar refractivity (Wildman–Crippen MR) is 633 cm³/mol. The molecule has 11 atom stereocenters. The summed E-state index contributed by atoms with van der Waals surface area (Å²) in [4.78, 5) is 16.4. The average Bonchev–Trinajstić information content (AvgIpc) is 1.65. The van der Waals surface area contributed by atoms with E-state index in [1.807, 2.05) is 175 Å². The molecular formula is C122H130Cl15N7O. The van der Waals surface area contributed by atoms with Crippen LogP contribution in [0.2, 0.25) is 70.3 Å². The smallest absolute Gasteiger partial charge is 0.163 e. The van der Waals surface area contributed by atoms with Crippen molar-refractivity contribution >= 4 is 192 Å². The molecule has 21 rings (SSSR count). The van der Waals surface area contributed by atoms with Crippen molar-refractivity contribution < 1.29 is 4.79 Å². The van der Waals surface area contributed by atoms with Crippen LogP contribution in [0.5, 0.6) is 0 Å². The number of carbonyl (C=O) groups is 1. The highest BCUT2D eigenvalue weighted by molar-refractivity contribution is 6.45. The van der Waals surface area contributed by atoms with Crippen molar-refractivity contribution in [1.82, 2.24) is 21.3 Å². The van der Waals surface area contributed by atoms with E-state index in [0.29, 0.717) is 136 Å². The van der Waals surface area contributed by atoms with Crippen molar-refractivity contribution in [3.8, 4) is 0 Å². The quantitative estimate of drug-likeness (QED) is 0.0766. The summed E-state index contributed by atoms with van der Waals surface area (Å²) in [5.41, 5.74) is 32.9. The van der Waals surface area contributed by atoms with Crippen molar-refractivity contribution in [1.29, 1.82) is 5.41 Å². The number of nitrogens with zero attached hydrogens (tertiary/aromatic N) is 1. The summed E-state index contributed by atoms with van der Waals surface area (Å²) < 4.78 is 0. The van der Waals surface area contributed by atoms with Gasteiger partial charge in [0.15, 0.2) is 5.78 Å². The molecule has 0 heterocycles. The molecule has 7 aliphatic carbocycles. The van der Waals surface area contributed by atoms with E-state index in [-0.39, 0.29) is 53.8 Å². The number of nitrogens with two attached hydrogens (primary N) is 1. The van der Waals surface area contributed by atoms with Gasteiger partial charge in [-0.05, 0) is 315 Å². The fraction of sp³-hybridized carbons (Fsp3) is 0.287. The molecule has 0 fully saturated rings. The van der Waals surface area contributed by atoms with E-state index in [4.69, 9.17) is 168 Å². The third kappa shape index (κ3) is 29.3. The third-order valence-electron chi connectivity index (χ3n) is 28.0. The van der Waals surface area contributed by atoms with Crippen LogP contribution in [0.25, 0.3) is 0 Å². The number of fused-ring (bicyclic) bond motifs is 7. The second kappa shape index (κ2) is 58.0. The van der Waals surface area contributed by atoms with Crippen molar-refractivity contribution in [2.75, 3.05) is 42.3 Å². The number of hydrogen-bond donors (Lipinski definition) is 6. The molecular weight excluding hydrogens is 2110 g/mol. The van der Waals surface area contributed by atoms with Gasteiger partial charge >= 0.3 is 0 Å². The van der Waals surface area contributed by atoms with E-state index < -0.39 is 0 Å². The second-order valence-corrected chi connectivity index (χ2v) is 41.4. The first-order valence-electron chi connectivity index (χ1n) is 47.5. The number of ketones is 1. The molecule has 0 saturated heterocycles. The lowest BCUT2D eigenvalue weighted by Crippen LogP contribution is -2.24. The maximum absolute atomic E-state index is 11.9. The number of Topliss-reactive ketones (excluding diaryl/α,β-unsaturated/α-hetero) is 1. The molecule has 0 aromatic heterocycles. The van der Waals surface area contributed by atoms with E-state index in [0.717, 1.165) is 111 Å². The van der Waals surface area contributed by atoms with Gasteiger partial charge in [0.2, 0.25) is 0 Å². The number of aliphatic imine (C=N–C) groups is 1. The number of hydrogen-bond acceptors (Lipinski definition) is 8. The van der Waals surface area contributed by atoms with Crippen LogP contribution in [0.1, 0.15) is 307 Å². The van der Waals surface area contributed by atoms with Crippen LogP contribution in [-0.2, 0) is 0 Å². The first kappa shape index (κ1) is 121. The van der Waals surface area contributed by atoms with E-state index in [1.165, 1.54) is 107 Å². The van der Waals surface area contributed by atoms with Crippen LogP contribution in [0.4, 0.5) is 0 Å². The van der Waals surface area contributed by atoms with Gasteiger partial charge < -0.3 is 32.4 Å². The van der Waals surface area contributed by atoms with E-state index in [2.05, 4.69) is 190 Å². The molecule has 0 bridgehead atoms. The Morgan fingerprint density at radius 1 is 0.241 bits per heavy atom. The fourth-order valence-electron chi connectivity index (χ4n) is 21.0. The Balaban J connectivity index is 0.000000187. The Morgan fingerprint density at radius 2 is 0.434 bits per heavy atom. The Labute approximate surface area is 937 Å². The summed E-state index contributed by atoms with van der Waals surface area (Å²) in [5.74, 6) is 2.76. The minimum Gasteiger partial charge on any atom is -0.333 e. The second-order valence-electron chi connectivity index (χ2n) is 35.7. The zero-order chi connectivity index (χ0) is 99.4. The number of rotatable bonds is 11. The molecule has 8 nitrogen and oxygen atoms in total. The topological polar surface area (TPSA) is 127 Å². The highest BCUT2D eigenvalue weighted by atomic mass is 35.5. The van der Waals surface area contributed by atoms with Gasteiger partial charge in [0.25, 0.3) is 0 Å². The molecule has 0 saturated carbocycles. The monoisotopic (exact) mass is 2230 g/mol. The summed E-state index contributed by atoms with van der Waals surface area (Å²) in [7, 11) is 11.5. The standard InChI is InChI=1S/4C17H17Cl2N.C17H15Cl2N.C16H13Cl2N.C16H12Cl2O.CH5N.4CH4.ClH/c5*1-20-17-9-7-12(13-4-2-3-5-14(13)17)11-6-8-15(18)16(19)10-11;2*17-14-7-5-10(9-15(14)18)11-6-8-16(19)13-4-2-1-3-12(11)13;1-2;;;;;/h4*2-6,8,10,12,17,20H,7,9H2,1H3;2-6,8,10,12H,7,9H2,1H3;1-5,7,9,11,19H,6,8H2;1-5,7,9,11H,6,8H2;2H2,1H3;4*1H4;1H/t4*12-,17?;;;;;;;;;/m1100........./s1.